The molecule has 0 unspecified atom stereocenters. The second-order valence-corrected chi connectivity index (χ2v) is 7.58. The normalized spacial score (nSPS) is 10.2. The molecule has 0 fully saturated rings. The van der Waals surface area contributed by atoms with E-state index in [4.69, 9.17) is 12.2 Å². The number of thioether (sulfide) groups is 1. The van der Waals surface area contributed by atoms with Gasteiger partial charge < -0.3 is 16.0 Å². The lowest BCUT2D eigenvalue weighted by Crippen LogP contribution is -2.18. The first kappa shape index (κ1) is 19.9. The minimum absolute atomic E-state index is 0.0188. The molecule has 0 saturated heterocycles. The number of hydrogen-bond acceptors (Lipinski definition) is 3. The van der Waals surface area contributed by atoms with Crippen LogP contribution in [0.3, 0.4) is 0 Å². The van der Waals surface area contributed by atoms with E-state index in [2.05, 4.69) is 16.0 Å². The Morgan fingerprint density at radius 2 is 1.43 bits per heavy atom. The van der Waals surface area contributed by atoms with Crippen molar-refractivity contribution < 1.29 is 4.79 Å². The van der Waals surface area contributed by atoms with E-state index in [1.54, 1.807) is 0 Å². The predicted molar refractivity (Wildman–Crippen MR) is 123 cm³/mol. The third kappa shape index (κ3) is 6.11. The van der Waals surface area contributed by atoms with Gasteiger partial charge >= 0.3 is 0 Å². The van der Waals surface area contributed by atoms with Gasteiger partial charge in [-0.25, -0.2) is 0 Å². The summed E-state index contributed by atoms with van der Waals surface area (Å²) in [7, 11) is 0. The van der Waals surface area contributed by atoms with Gasteiger partial charge in [0.25, 0.3) is 0 Å². The highest BCUT2D eigenvalue weighted by molar-refractivity contribution is 8.00. The molecule has 0 aromatic heterocycles. The van der Waals surface area contributed by atoms with Crippen LogP contribution in [0.4, 0.5) is 17.1 Å². The van der Waals surface area contributed by atoms with Gasteiger partial charge in [-0.2, -0.15) is 0 Å². The van der Waals surface area contributed by atoms with Gasteiger partial charge in [0.1, 0.15) is 0 Å². The maximum absolute atomic E-state index is 12.2. The van der Waals surface area contributed by atoms with Crippen molar-refractivity contribution in [1.29, 1.82) is 0 Å². The van der Waals surface area contributed by atoms with Crippen LogP contribution in [0.15, 0.2) is 83.8 Å². The van der Waals surface area contributed by atoms with Crippen LogP contribution in [-0.4, -0.2) is 16.8 Å². The molecule has 3 rings (SSSR count). The second kappa shape index (κ2) is 9.92. The van der Waals surface area contributed by atoms with Gasteiger partial charge in [0.15, 0.2) is 5.11 Å². The van der Waals surface area contributed by atoms with Crippen LogP contribution in [0.5, 0.6) is 0 Å². The van der Waals surface area contributed by atoms with Gasteiger partial charge in [0.2, 0.25) is 5.91 Å². The van der Waals surface area contributed by atoms with Crippen LogP contribution >= 0.6 is 24.0 Å². The Labute approximate surface area is 174 Å². The summed E-state index contributed by atoms with van der Waals surface area (Å²) < 4.78 is 0. The minimum Gasteiger partial charge on any atom is -0.332 e. The number of amides is 1. The lowest BCUT2D eigenvalue weighted by molar-refractivity contribution is -0.113. The second-order valence-electron chi connectivity index (χ2n) is 6.12. The summed E-state index contributed by atoms with van der Waals surface area (Å²) in [5.74, 6) is 0.337. The van der Waals surface area contributed by atoms with E-state index in [0.29, 0.717) is 10.9 Å². The molecule has 3 aromatic carbocycles. The zero-order valence-corrected chi connectivity index (χ0v) is 17.1. The molecule has 0 atom stereocenters. The summed E-state index contributed by atoms with van der Waals surface area (Å²) in [6.45, 7) is 1.98. The number of rotatable bonds is 6. The van der Waals surface area contributed by atoms with Gasteiger partial charge in [-0.05, 0) is 67.2 Å². The topological polar surface area (TPSA) is 53.2 Å². The number of carbonyl (C=O) groups is 1. The highest BCUT2D eigenvalue weighted by Crippen LogP contribution is 2.21. The van der Waals surface area contributed by atoms with Gasteiger partial charge in [-0.15, -0.1) is 11.8 Å². The lowest BCUT2D eigenvalue weighted by atomic mass is 10.2. The Bertz CT molecular complexity index is 944. The van der Waals surface area contributed by atoms with Crippen molar-refractivity contribution in [3.05, 3.63) is 84.4 Å². The van der Waals surface area contributed by atoms with E-state index in [9.17, 15) is 4.79 Å². The average molecular weight is 408 g/mol. The highest BCUT2D eigenvalue weighted by atomic mass is 32.2. The molecule has 28 heavy (non-hydrogen) atoms. The molecule has 0 spiro atoms. The fraction of sp³-hybridized carbons (Fsp3) is 0.0909. The van der Waals surface area contributed by atoms with Crippen LogP contribution in [-0.2, 0) is 4.79 Å². The van der Waals surface area contributed by atoms with Crippen molar-refractivity contribution in [3.63, 3.8) is 0 Å². The molecule has 0 aliphatic carbocycles. The third-order valence-corrected chi connectivity index (χ3v) is 5.15. The van der Waals surface area contributed by atoms with Crippen LogP contribution in [0.25, 0.3) is 0 Å². The molecule has 0 heterocycles. The first-order chi connectivity index (χ1) is 13.6. The molecule has 0 aliphatic rings. The van der Waals surface area contributed by atoms with E-state index in [1.165, 1.54) is 11.8 Å². The SMILES string of the molecule is Cc1ccccc1NC(=O)CSc1ccc(NC(=S)Nc2ccccc2)cc1. The van der Waals surface area contributed by atoms with Gasteiger partial charge in [0, 0.05) is 22.0 Å². The van der Waals surface area contributed by atoms with Crippen molar-refractivity contribution in [2.75, 3.05) is 21.7 Å². The minimum atomic E-state index is -0.0188. The zero-order valence-electron chi connectivity index (χ0n) is 15.4. The molecule has 0 bridgehead atoms. The van der Waals surface area contributed by atoms with Crippen LogP contribution in [0.2, 0.25) is 0 Å². The number of thiocarbonyl (C=S) groups is 1. The van der Waals surface area contributed by atoms with Crippen molar-refractivity contribution >= 4 is 52.1 Å². The van der Waals surface area contributed by atoms with Gasteiger partial charge in [0.05, 0.1) is 5.75 Å². The fourth-order valence-corrected chi connectivity index (χ4v) is 3.43. The molecule has 4 nitrogen and oxygen atoms in total. The van der Waals surface area contributed by atoms with Crippen LogP contribution < -0.4 is 16.0 Å². The summed E-state index contributed by atoms with van der Waals surface area (Å²) in [4.78, 5) is 13.2. The Morgan fingerprint density at radius 1 is 0.821 bits per heavy atom. The van der Waals surface area contributed by atoms with E-state index in [-0.39, 0.29) is 5.91 Å². The number of anilines is 3. The van der Waals surface area contributed by atoms with E-state index < -0.39 is 0 Å². The molecule has 6 heteroatoms. The fourth-order valence-electron chi connectivity index (χ4n) is 2.50. The molecule has 1 amide bonds. The van der Waals surface area contributed by atoms with Crippen molar-refractivity contribution in [2.45, 2.75) is 11.8 Å². The Morgan fingerprint density at radius 3 is 2.11 bits per heavy atom. The van der Waals surface area contributed by atoms with Crippen LogP contribution in [0.1, 0.15) is 5.56 Å². The van der Waals surface area contributed by atoms with E-state index in [1.807, 2.05) is 85.8 Å². The van der Waals surface area contributed by atoms with Crippen LogP contribution in [0, 0.1) is 6.92 Å². The molecule has 3 N–H and O–H groups in total. The summed E-state index contributed by atoms with van der Waals surface area (Å²) >= 11 is 6.82. The number of carbonyl (C=O) groups excluding carboxylic acids is 1. The monoisotopic (exact) mass is 407 g/mol. The zero-order chi connectivity index (χ0) is 19.8. The first-order valence-corrected chi connectivity index (χ1v) is 10.2. The lowest BCUT2D eigenvalue weighted by Gasteiger charge is -2.11. The van der Waals surface area contributed by atoms with E-state index in [0.717, 1.165) is 27.5 Å². The molecule has 0 radical (unpaired) electrons. The van der Waals surface area contributed by atoms with Gasteiger partial charge in [-0.1, -0.05) is 36.4 Å². The standard InChI is InChI=1S/C22H21N3OS2/c1-16-7-5-6-10-20(16)25-21(26)15-28-19-13-11-18(12-14-19)24-22(27)23-17-8-3-2-4-9-17/h2-14H,15H2,1H3,(H,25,26)(H2,23,24,27). The van der Waals surface area contributed by atoms with Crippen molar-refractivity contribution in [3.8, 4) is 0 Å². The molecule has 142 valence electrons. The molecular formula is C22H21N3OS2. The number of para-hydroxylation sites is 2. The molecule has 0 saturated carbocycles. The number of benzene rings is 3. The van der Waals surface area contributed by atoms with Gasteiger partial charge in [-0.3, -0.25) is 4.79 Å². The quantitative estimate of drug-likeness (QED) is 0.370. The number of hydrogen-bond donors (Lipinski definition) is 3. The van der Waals surface area contributed by atoms with Crippen molar-refractivity contribution in [2.24, 2.45) is 0 Å². The Balaban J connectivity index is 1.47. The maximum atomic E-state index is 12.2. The third-order valence-electron chi connectivity index (χ3n) is 3.93. The molecule has 0 aliphatic heterocycles. The summed E-state index contributed by atoms with van der Waals surface area (Å²) in [5, 5.41) is 9.76. The summed E-state index contributed by atoms with van der Waals surface area (Å²) in [6, 6.07) is 25.4. The molecule has 3 aromatic rings. The summed E-state index contributed by atoms with van der Waals surface area (Å²) in [5.41, 5.74) is 3.73. The van der Waals surface area contributed by atoms with Crippen molar-refractivity contribution in [1.82, 2.24) is 0 Å². The smallest absolute Gasteiger partial charge is 0.234 e. The average Bonchev–Trinajstić information content (AvgIpc) is 2.70. The summed E-state index contributed by atoms with van der Waals surface area (Å²) in [6.07, 6.45) is 0. The predicted octanol–water partition coefficient (Wildman–Crippen LogP) is 5.53. The highest BCUT2D eigenvalue weighted by Gasteiger charge is 2.06. The van der Waals surface area contributed by atoms with E-state index >= 15 is 0 Å². The molecular weight excluding hydrogens is 386 g/mol. The number of aryl methyl sites for hydroxylation is 1. The maximum Gasteiger partial charge on any atom is 0.234 e. The Hall–Kier alpha value is -2.83. The number of nitrogens with one attached hydrogen (secondary N) is 3. The Kier molecular flexibility index (Phi) is 7.06. The first-order valence-electron chi connectivity index (χ1n) is 8.81. The largest absolute Gasteiger partial charge is 0.332 e.